The molecule has 0 aliphatic heterocycles. The molecule has 88 valence electrons. The second-order valence-electron chi connectivity index (χ2n) is 3.63. The molecule has 1 aliphatic carbocycles. The molecule has 8 heteroatoms. The van der Waals surface area contributed by atoms with E-state index in [1.807, 2.05) is 0 Å². The van der Waals surface area contributed by atoms with Crippen LogP contribution in [0.25, 0.3) is 0 Å². The van der Waals surface area contributed by atoms with Crippen LogP contribution in [0.4, 0.5) is 24.7 Å². The number of nitrogens with zero attached hydrogens (tertiary/aromatic N) is 2. The monoisotopic (exact) mass is 252 g/mol. The molecular weight excluding hydrogens is 245 g/mol. The average Bonchev–Trinajstić information content (AvgIpc) is 2.93. The summed E-state index contributed by atoms with van der Waals surface area (Å²) < 4.78 is 37.9. The van der Waals surface area contributed by atoms with E-state index in [-0.39, 0.29) is 29.5 Å². The molecular formula is C8H8ClF3N4. The van der Waals surface area contributed by atoms with Crippen LogP contribution in [-0.4, -0.2) is 21.7 Å². The summed E-state index contributed by atoms with van der Waals surface area (Å²) in [5.41, 5.74) is 3.50. The Kier molecular flexibility index (Phi) is 2.37. The van der Waals surface area contributed by atoms with Gasteiger partial charge in [-0.3, -0.25) is 0 Å². The molecule has 1 saturated carbocycles. The first-order valence-corrected chi connectivity index (χ1v) is 4.84. The first kappa shape index (κ1) is 11.3. The maximum absolute atomic E-state index is 12.6. The summed E-state index contributed by atoms with van der Waals surface area (Å²) in [5, 5.41) is 2.23. The molecule has 0 atom stereocenters. The third-order valence-electron chi connectivity index (χ3n) is 2.49. The van der Waals surface area contributed by atoms with Crippen LogP contribution in [0.2, 0.25) is 5.15 Å². The van der Waals surface area contributed by atoms with Crippen LogP contribution in [0.15, 0.2) is 6.33 Å². The van der Waals surface area contributed by atoms with Crippen molar-refractivity contribution in [2.75, 3.05) is 11.1 Å². The Morgan fingerprint density at radius 3 is 2.50 bits per heavy atom. The number of aromatic nitrogens is 2. The van der Waals surface area contributed by atoms with Gasteiger partial charge in [0.1, 0.15) is 17.6 Å². The van der Waals surface area contributed by atoms with Gasteiger partial charge in [-0.2, -0.15) is 13.2 Å². The van der Waals surface area contributed by atoms with Gasteiger partial charge in [-0.1, -0.05) is 11.6 Å². The standard InChI is InChI=1S/C8H8ClF3N4/c9-5-4(13)6(15-3-14-5)16-7(1-2-7)8(10,11)12/h3H,1-2,13H2,(H,14,15,16). The molecule has 1 fully saturated rings. The molecule has 0 spiro atoms. The third-order valence-corrected chi connectivity index (χ3v) is 2.79. The molecule has 0 saturated heterocycles. The highest BCUT2D eigenvalue weighted by Crippen LogP contribution is 2.51. The number of nitrogens with two attached hydrogens (primary N) is 1. The zero-order valence-electron chi connectivity index (χ0n) is 7.98. The molecule has 0 radical (unpaired) electrons. The maximum atomic E-state index is 12.6. The van der Waals surface area contributed by atoms with E-state index in [0.29, 0.717) is 0 Å². The molecule has 3 N–H and O–H groups in total. The van der Waals surface area contributed by atoms with E-state index in [1.165, 1.54) is 0 Å². The van der Waals surface area contributed by atoms with Crippen molar-refractivity contribution in [3.63, 3.8) is 0 Å². The number of rotatable bonds is 2. The zero-order chi connectivity index (χ0) is 12.0. The Morgan fingerprint density at radius 2 is 2.00 bits per heavy atom. The van der Waals surface area contributed by atoms with Gasteiger partial charge < -0.3 is 11.1 Å². The van der Waals surface area contributed by atoms with Gasteiger partial charge in [0.25, 0.3) is 0 Å². The lowest BCUT2D eigenvalue weighted by atomic mass is 10.2. The van der Waals surface area contributed by atoms with Gasteiger partial charge in [0.15, 0.2) is 11.0 Å². The van der Waals surface area contributed by atoms with E-state index in [0.717, 1.165) is 6.33 Å². The van der Waals surface area contributed by atoms with E-state index < -0.39 is 11.7 Å². The summed E-state index contributed by atoms with van der Waals surface area (Å²) >= 11 is 5.58. The molecule has 2 rings (SSSR count). The minimum absolute atomic E-state index is 0.0115. The van der Waals surface area contributed by atoms with Crippen molar-refractivity contribution >= 4 is 23.1 Å². The summed E-state index contributed by atoms with van der Waals surface area (Å²) in [4.78, 5) is 7.21. The van der Waals surface area contributed by atoms with Crippen LogP contribution < -0.4 is 11.1 Å². The summed E-state index contributed by atoms with van der Waals surface area (Å²) in [6.07, 6.45) is -3.24. The summed E-state index contributed by atoms with van der Waals surface area (Å²) in [5.74, 6) is -0.0742. The maximum Gasteiger partial charge on any atom is 0.411 e. The molecule has 0 unspecified atom stereocenters. The van der Waals surface area contributed by atoms with Gasteiger partial charge in [0.05, 0.1) is 0 Å². The van der Waals surface area contributed by atoms with Crippen molar-refractivity contribution < 1.29 is 13.2 Å². The van der Waals surface area contributed by atoms with E-state index in [2.05, 4.69) is 15.3 Å². The van der Waals surface area contributed by atoms with Crippen LogP contribution in [0.3, 0.4) is 0 Å². The first-order chi connectivity index (χ1) is 7.36. The van der Waals surface area contributed by atoms with Gasteiger partial charge in [0, 0.05) is 0 Å². The van der Waals surface area contributed by atoms with Crippen LogP contribution in [0.1, 0.15) is 12.8 Å². The largest absolute Gasteiger partial charge is 0.411 e. The molecule has 1 aliphatic rings. The predicted molar refractivity (Wildman–Crippen MR) is 53.1 cm³/mol. The number of alkyl halides is 3. The number of hydrogen-bond donors (Lipinski definition) is 2. The number of halogens is 4. The smallest absolute Gasteiger partial charge is 0.393 e. The summed E-state index contributed by atoms with van der Waals surface area (Å²) in [6.45, 7) is 0. The Balaban J connectivity index is 2.25. The second kappa shape index (κ2) is 3.38. The van der Waals surface area contributed by atoms with E-state index in [9.17, 15) is 13.2 Å². The van der Waals surface area contributed by atoms with E-state index >= 15 is 0 Å². The van der Waals surface area contributed by atoms with Gasteiger partial charge in [-0.05, 0) is 12.8 Å². The van der Waals surface area contributed by atoms with Crippen molar-refractivity contribution in [3.05, 3.63) is 11.5 Å². The fourth-order valence-electron chi connectivity index (χ4n) is 1.30. The third kappa shape index (κ3) is 1.75. The Labute approximate surface area is 94.0 Å². The fraction of sp³-hybridized carbons (Fsp3) is 0.500. The Bertz CT molecular complexity index is 416. The van der Waals surface area contributed by atoms with Crippen molar-refractivity contribution in [3.8, 4) is 0 Å². The highest BCUT2D eigenvalue weighted by molar-refractivity contribution is 6.32. The van der Waals surface area contributed by atoms with Crippen LogP contribution in [-0.2, 0) is 0 Å². The zero-order valence-corrected chi connectivity index (χ0v) is 8.73. The number of hydrogen-bond acceptors (Lipinski definition) is 4. The highest BCUT2D eigenvalue weighted by atomic mass is 35.5. The summed E-state index contributed by atoms with van der Waals surface area (Å²) in [7, 11) is 0. The molecule has 1 heterocycles. The lowest BCUT2D eigenvalue weighted by Gasteiger charge is -2.21. The summed E-state index contributed by atoms with van der Waals surface area (Å²) in [6, 6.07) is 0. The van der Waals surface area contributed by atoms with Crippen LogP contribution >= 0.6 is 11.6 Å². The first-order valence-electron chi connectivity index (χ1n) is 4.47. The van der Waals surface area contributed by atoms with Gasteiger partial charge >= 0.3 is 6.18 Å². The minimum Gasteiger partial charge on any atom is -0.393 e. The van der Waals surface area contributed by atoms with Crippen molar-refractivity contribution in [2.24, 2.45) is 0 Å². The number of anilines is 2. The van der Waals surface area contributed by atoms with Crippen molar-refractivity contribution in [1.82, 2.24) is 9.97 Å². The van der Waals surface area contributed by atoms with Crippen LogP contribution in [0, 0.1) is 0 Å². The molecule has 1 aromatic rings. The van der Waals surface area contributed by atoms with Gasteiger partial charge in [0.2, 0.25) is 0 Å². The van der Waals surface area contributed by atoms with E-state index in [1.54, 1.807) is 0 Å². The minimum atomic E-state index is -4.32. The molecule has 0 aromatic carbocycles. The van der Waals surface area contributed by atoms with E-state index in [4.69, 9.17) is 17.3 Å². The Hall–Kier alpha value is -1.24. The molecule has 1 aromatic heterocycles. The van der Waals surface area contributed by atoms with Crippen LogP contribution in [0.5, 0.6) is 0 Å². The van der Waals surface area contributed by atoms with Gasteiger partial charge in [-0.25, -0.2) is 9.97 Å². The highest BCUT2D eigenvalue weighted by Gasteiger charge is 2.63. The molecule has 16 heavy (non-hydrogen) atoms. The lowest BCUT2D eigenvalue weighted by Crippen LogP contribution is -2.39. The molecule has 4 nitrogen and oxygen atoms in total. The topological polar surface area (TPSA) is 63.8 Å². The number of nitrogens with one attached hydrogen (secondary N) is 1. The van der Waals surface area contributed by atoms with Gasteiger partial charge in [-0.15, -0.1) is 0 Å². The number of nitrogen functional groups attached to an aromatic ring is 1. The second-order valence-corrected chi connectivity index (χ2v) is 3.99. The predicted octanol–water partition coefficient (Wildman–Crippen LogP) is 2.22. The quantitative estimate of drug-likeness (QED) is 0.792. The van der Waals surface area contributed by atoms with Crippen molar-refractivity contribution in [1.29, 1.82) is 0 Å². The molecule has 0 amide bonds. The fourth-order valence-corrected chi connectivity index (χ4v) is 1.44. The average molecular weight is 253 g/mol. The Morgan fingerprint density at radius 1 is 1.38 bits per heavy atom. The SMILES string of the molecule is Nc1c(Cl)ncnc1NC1(C(F)(F)F)CC1. The van der Waals surface area contributed by atoms with Crippen molar-refractivity contribution in [2.45, 2.75) is 24.6 Å². The lowest BCUT2D eigenvalue weighted by molar-refractivity contribution is -0.151. The molecule has 0 bridgehead atoms. The normalized spacial score (nSPS) is 18.2.